The van der Waals surface area contributed by atoms with Crippen LogP contribution in [0.15, 0.2) is 23.1 Å². The highest BCUT2D eigenvalue weighted by atomic mass is 35.5. The molecule has 0 saturated carbocycles. The van der Waals surface area contributed by atoms with E-state index in [1.807, 2.05) is 13.8 Å². The molecule has 2 N–H and O–H groups in total. The molecule has 0 aliphatic carbocycles. The number of sulfone groups is 1. The topological polar surface area (TPSA) is 60.2 Å². The second kappa shape index (κ2) is 5.74. The Hall–Kier alpha value is -0.740. The van der Waals surface area contributed by atoms with Gasteiger partial charge in [-0.15, -0.1) is 0 Å². The van der Waals surface area contributed by atoms with Crippen molar-refractivity contribution < 1.29 is 8.42 Å². The third-order valence-electron chi connectivity index (χ3n) is 2.59. The van der Waals surface area contributed by atoms with Crippen LogP contribution >= 0.6 is 11.6 Å². The van der Waals surface area contributed by atoms with E-state index in [0.717, 1.165) is 12.8 Å². The minimum absolute atomic E-state index is 0.132. The molecule has 0 aliphatic heterocycles. The number of anilines is 1. The molecular formula is C12H18ClNO2S. The molecule has 3 nitrogen and oxygen atoms in total. The minimum atomic E-state index is -3.31. The quantitative estimate of drug-likeness (QED) is 0.840. The first-order valence-electron chi connectivity index (χ1n) is 5.64. The van der Waals surface area contributed by atoms with Crippen molar-refractivity contribution in [1.29, 1.82) is 0 Å². The molecule has 96 valence electrons. The summed E-state index contributed by atoms with van der Waals surface area (Å²) in [5, 5.41) is 0.447. The Balaban J connectivity index is 2.97. The van der Waals surface area contributed by atoms with E-state index in [0.29, 0.717) is 5.02 Å². The van der Waals surface area contributed by atoms with E-state index in [-0.39, 0.29) is 22.3 Å². The smallest absolute Gasteiger partial charge is 0.180 e. The van der Waals surface area contributed by atoms with Gasteiger partial charge in [0, 0.05) is 5.02 Å². The van der Waals surface area contributed by atoms with Crippen LogP contribution in [-0.4, -0.2) is 14.2 Å². The first-order chi connectivity index (χ1) is 7.86. The molecule has 0 amide bonds. The van der Waals surface area contributed by atoms with E-state index in [1.165, 1.54) is 12.1 Å². The maximum absolute atomic E-state index is 12.1. The fraction of sp³-hybridized carbons (Fsp3) is 0.500. The molecule has 5 heteroatoms. The molecule has 0 heterocycles. The highest BCUT2D eigenvalue weighted by Crippen LogP contribution is 2.25. The number of rotatable bonds is 5. The summed E-state index contributed by atoms with van der Waals surface area (Å²) in [7, 11) is -3.31. The minimum Gasteiger partial charge on any atom is -0.398 e. The standard InChI is InChI=1S/C12H18ClNO2S/c1-3-4-9(2)8-17(15,16)12-6-5-10(13)7-11(12)14/h5-7,9H,3-4,8,14H2,1-2H3. The van der Waals surface area contributed by atoms with Crippen molar-refractivity contribution in [2.45, 2.75) is 31.6 Å². The maximum Gasteiger partial charge on any atom is 0.180 e. The van der Waals surface area contributed by atoms with Crippen LogP contribution in [0.25, 0.3) is 0 Å². The lowest BCUT2D eigenvalue weighted by molar-refractivity contribution is 0.545. The number of hydrogen-bond donors (Lipinski definition) is 1. The second-order valence-corrected chi connectivity index (χ2v) is 6.80. The van der Waals surface area contributed by atoms with Gasteiger partial charge in [0.1, 0.15) is 0 Å². The van der Waals surface area contributed by atoms with Crippen LogP contribution in [0.2, 0.25) is 5.02 Å². The first kappa shape index (κ1) is 14.3. The zero-order valence-electron chi connectivity index (χ0n) is 10.1. The molecule has 17 heavy (non-hydrogen) atoms. The molecule has 0 spiro atoms. The van der Waals surface area contributed by atoms with Crippen LogP contribution < -0.4 is 5.73 Å². The highest BCUT2D eigenvalue weighted by Gasteiger charge is 2.20. The van der Waals surface area contributed by atoms with Gasteiger partial charge in [-0.05, 0) is 30.5 Å². The van der Waals surface area contributed by atoms with Crippen LogP contribution in [0, 0.1) is 5.92 Å². The molecule has 1 aromatic rings. The summed E-state index contributed by atoms with van der Waals surface area (Å²) in [6.07, 6.45) is 1.87. The van der Waals surface area contributed by atoms with Crippen molar-refractivity contribution in [2.75, 3.05) is 11.5 Å². The van der Waals surface area contributed by atoms with E-state index in [4.69, 9.17) is 17.3 Å². The zero-order chi connectivity index (χ0) is 13.1. The van der Waals surface area contributed by atoms with Crippen molar-refractivity contribution in [3.8, 4) is 0 Å². The summed E-state index contributed by atoms with van der Waals surface area (Å²) in [6, 6.07) is 4.50. The third-order valence-corrected chi connectivity index (χ3v) is 4.88. The first-order valence-corrected chi connectivity index (χ1v) is 7.67. The Morgan fingerprint density at radius 2 is 2.06 bits per heavy atom. The van der Waals surface area contributed by atoms with E-state index < -0.39 is 9.84 Å². The van der Waals surface area contributed by atoms with E-state index >= 15 is 0 Å². The largest absolute Gasteiger partial charge is 0.398 e. The molecule has 1 rings (SSSR count). The van der Waals surface area contributed by atoms with Gasteiger partial charge in [-0.3, -0.25) is 0 Å². The van der Waals surface area contributed by atoms with E-state index in [9.17, 15) is 8.42 Å². The predicted molar refractivity (Wildman–Crippen MR) is 72.0 cm³/mol. The van der Waals surface area contributed by atoms with Gasteiger partial charge in [0.15, 0.2) is 9.84 Å². The maximum atomic E-state index is 12.1. The summed E-state index contributed by atoms with van der Waals surface area (Å²) < 4.78 is 24.3. The summed E-state index contributed by atoms with van der Waals surface area (Å²) >= 11 is 5.75. The molecule has 0 radical (unpaired) electrons. The van der Waals surface area contributed by atoms with Crippen molar-refractivity contribution in [2.24, 2.45) is 5.92 Å². The van der Waals surface area contributed by atoms with Gasteiger partial charge < -0.3 is 5.73 Å². The van der Waals surface area contributed by atoms with Crippen LogP contribution in [0.5, 0.6) is 0 Å². The van der Waals surface area contributed by atoms with Crippen LogP contribution in [0.4, 0.5) is 5.69 Å². The fourth-order valence-corrected chi connectivity index (χ4v) is 3.81. The Bertz CT molecular complexity index is 485. The molecule has 1 atom stereocenters. The second-order valence-electron chi connectivity index (χ2n) is 4.36. The number of nitrogen functional groups attached to an aromatic ring is 1. The number of nitrogens with two attached hydrogens (primary N) is 1. The van der Waals surface area contributed by atoms with E-state index in [2.05, 4.69) is 0 Å². The lowest BCUT2D eigenvalue weighted by Crippen LogP contribution is -2.15. The number of benzene rings is 1. The van der Waals surface area contributed by atoms with Gasteiger partial charge in [-0.2, -0.15) is 0 Å². The molecule has 0 bridgehead atoms. The van der Waals surface area contributed by atoms with Crippen molar-refractivity contribution in [3.63, 3.8) is 0 Å². The summed E-state index contributed by atoms with van der Waals surface area (Å²) in [6.45, 7) is 3.98. The molecule has 1 aromatic carbocycles. The lowest BCUT2D eigenvalue weighted by atomic mass is 10.1. The molecule has 0 aromatic heterocycles. The van der Waals surface area contributed by atoms with Gasteiger partial charge in [0.25, 0.3) is 0 Å². The average molecular weight is 276 g/mol. The van der Waals surface area contributed by atoms with E-state index in [1.54, 1.807) is 6.07 Å². The summed E-state index contributed by atoms with van der Waals surface area (Å²) in [4.78, 5) is 0.185. The van der Waals surface area contributed by atoms with Crippen LogP contribution in [0.3, 0.4) is 0 Å². The Labute approximate surface area is 108 Å². The van der Waals surface area contributed by atoms with Gasteiger partial charge in [-0.25, -0.2) is 8.42 Å². The summed E-state index contributed by atoms with van der Waals surface area (Å²) in [5.41, 5.74) is 5.92. The molecular weight excluding hydrogens is 258 g/mol. The van der Waals surface area contributed by atoms with Crippen molar-refractivity contribution >= 4 is 27.1 Å². The van der Waals surface area contributed by atoms with Gasteiger partial charge in [-0.1, -0.05) is 31.9 Å². The Morgan fingerprint density at radius 3 is 2.59 bits per heavy atom. The Morgan fingerprint density at radius 1 is 1.41 bits per heavy atom. The average Bonchev–Trinajstić information content (AvgIpc) is 2.15. The lowest BCUT2D eigenvalue weighted by Gasteiger charge is -2.12. The van der Waals surface area contributed by atoms with Crippen LogP contribution in [-0.2, 0) is 9.84 Å². The van der Waals surface area contributed by atoms with Crippen molar-refractivity contribution in [3.05, 3.63) is 23.2 Å². The predicted octanol–water partition coefficient (Wildman–Crippen LogP) is 3.13. The normalized spacial score (nSPS) is 13.6. The van der Waals surface area contributed by atoms with Gasteiger partial charge in [0.2, 0.25) is 0 Å². The molecule has 0 fully saturated rings. The van der Waals surface area contributed by atoms with Gasteiger partial charge in [0.05, 0.1) is 16.3 Å². The number of halogens is 1. The number of hydrogen-bond acceptors (Lipinski definition) is 3. The molecule has 0 aliphatic rings. The van der Waals surface area contributed by atoms with Gasteiger partial charge >= 0.3 is 0 Å². The molecule has 0 saturated heterocycles. The Kier molecular flexibility index (Phi) is 4.83. The SMILES string of the molecule is CCCC(C)CS(=O)(=O)c1ccc(Cl)cc1N. The summed E-state index contributed by atoms with van der Waals surface area (Å²) in [5.74, 6) is 0.271. The molecule has 1 unspecified atom stereocenters. The monoisotopic (exact) mass is 275 g/mol. The van der Waals surface area contributed by atoms with Crippen molar-refractivity contribution in [1.82, 2.24) is 0 Å². The fourth-order valence-electron chi connectivity index (χ4n) is 1.84. The third kappa shape index (κ3) is 3.89. The van der Waals surface area contributed by atoms with Crippen LogP contribution in [0.1, 0.15) is 26.7 Å². The zero-order valence-corrected chi connectivity index (χ0v) is 11.7. The highest BCUT2D eigenvalue weighted by molar-refractivity contribution is 7.91.